The van der Waals surface area contributed by atoms with E-state index in [4.69, 9.17) is 10.2 Å². The second-order valence-corrected chi connectivity index (χ2v) is 3.42. The van der Waals surface area contributed by atoms with Gasteiger partial charge in [-0.1, -0.05) is 0 Å². The predicted octanol–water partition coefficient (Wildman–Crippen LogP) is -1.11. The fourth-order valence-corrected chi connectivity index (χ4v) is 1.68. The summed E-state index contributed by atoms with van der Waals surface area (Å²) in [6.07, 6.45) is -0.179. The smallest absolute Gasteiger partial charge is 0.372 e. The Labute approximate surface area is 89.0 Å². The molecule has 1 saturated carbocycles. The zero-order valence-corrected chi connectivity index (χ0v) is 8.00. The van der Waals surface area contributed by atoms with Gasteiger partial charge in [-0.05, 0) is 12.8 Å². The van der Waals surface area contributed by atoms with E-state index in [9.17, 15) is 24.0 Å². The molecule has 0 saturated heterocycles. The van der Waals surface area contributed by atoms with Crippen molar-refractivity contribution >= 4 is 29.3 Å². The molecular formula is C9H8O7. The van der Waals surface area contributed by atoms with Gasteiger partial charge < -0.3 is 10.2 Å². The third-order valence-corrected chi connectivity index (χ3v) is 2.49. The van der Waals surface area contributed by atoms with Crippen LogP contribution < -0.4 is 0 Å². The van der Waals surface area contributed by atoms with Crippen LogP contribution in [0.2, 0.25) is 0 Å². The number of carbonyl (C=O) groups excluding carboxylic acids is 3. The molecule has 0 bridgehead atoms. The van der Waals surface area contributed by atoms with Crippen LogP contribution in [-0.2, 0) is 24.0 Å². The zero-order chi connectivity index (χ0) is 12.5. The molecule has 1 aliphatic carbocycles. The summed E-state index contributed by atoms with van der Waals surface area (Å²) in [7, 11) is 0. The first-order valence-electron chi connectivity index (χ1n) is 4.44. The average Bonchev–Trinajstić information content (AvgIpc) is 2.57. The number of rotatable bonds is 4. The number of aliphatic carboxylic acids is 2. The lowest BCUT2D eigenvalue weighted by Crippen LogP contribution is -2.33. The Morgan fingerprint density at radius 3 is 1.44 bits per heavy atom. The molecule has 0 spiro atoms. The molecule has 1 rings (SSSR count). The minimum Gasteiger partial charge on any atom is -0.475 e. The second-order valence-electron chi connectivity index (χ2n) is 3.42. The Morgan fingerprint density at radius 2 is 1.19 bits per heavy atom. The van der Waals surface area contributed by atoms with Crippen molar-refractivity contribution in [2.24, 2.45) is 11.8 Å². The zero-order valence-electron chi connectivity index (χ0n) is 8.00. The normalized spacial score (nSPS) is 24.1. The Bertz CT molecular complexity index is 359. The number of carboxylic acids is 2. The molecule has 0 heterocycles. The van der Waals surface area contributed by atoms with Gasteiger partial charge in [0.2, 0.25) is 11.6 Å². The van der Waals surface area contributed by atoms with Crippen LogP contribution >= 0.6 is 0 Å². The van der Waals surface area contributed by atoms with Crippen LogP contribution in [0.4, 0.5) is 0 Å². The van der Waals surface area contributed by atoms with Gasteiger partial charge in [-0.25, -0.2) is 9.59 Å². The Kier molecular flexibility index (Phi) is 3.17. The van der Waals surface area contributed by atoms with E-state index in [-0.39, 0.29) is 12.8 Å². The summed E-state index contributed by atoms with van der Waals surface area (Å²) in [5, 5.41) is 16.8. The van der Waals surface area contributed by atoms with Crippen LogP contribution in [0.3, 0.4) is 0 Å². The maximum atomic E-state index is 11.4. The summed E-state index contributed by atoms with van der Waals surface area (Å²) in [4.78, 5) is 54.1. The molecule has 2 N–H and O–H groups in total. The lowest BCUT2D eigenvalue weighted by Gasteiger charge is -2.04. The van der Waals surface area contributed by atoms with E-state index in [2.05, 4.69) is 0 Å². The molecule has 1 aliphatic rings. The van der Waals surface area contributed by atoms with Crippen molar-refractivity contribution in [3.63, 3.8) is 0 Å². The summed E-state index contributed by atoms with van der Waals surface area (Å²) in [5.74, 6) is -9.74. The molecule has 1 fully saturated rings. The van der Waals surface area contributed by atoms with Crippen molar-refractivity contribution in [2.75, 3.05) is 0 Å². The molecule has 2 atom stereocenters. The Morgan fingerprint density at radius 1 is 0.875 bits per heavy atom. The van der Waals surface area contributed by atoms with Crippen LogP contribution in [0.1, 0.15) is 12.8 Å². The quantitative estimate of drug-likeness (QED) is 0.461. The third-order valence-electron chi connectivity index (χ3n) is 2.49. The molecule has 7 nitrogen and oxygen atoms in total. The third kappa shape index (κ3) is 1.97. The lowest BCUT2D eigenvalue weighted by molar-refractivity contribution is -0.154. The lowest BCUT2D eigenvalue weighted by atomic mass is 9.96. The standard InChI is InChI=1S/C9H8O7/c10-5-3(6(11)8(13)14)1-2-4(5)7(12)9(15)16/h3-4H,1-2H2,(H,13,14)(H,15,16). The minimum atomic E-state index is -1.75. The number of carbonyl (C=O) groups is 5. The molecule has 2 unspecified atom stereocenters. The van der Waals surface area contributed by atoms with Gasteiger partial charge in [-0.15, -0.1) is 0 Å². The summed E-state index contributed by atoms with van der Waals surface area (Å²) in [5.41, 5.74) is 0. The SMILES string of the molecule is O=C(O)C(=O)C1CCC(C(=O)C(=O)O)C1=O. The molecule has 16 heavy (non-hydrogen) atoms. The van der Waals surface area contributed by atoms with Gasteiger partial charge >= 0.3 is 11.9 Å². The summed E-state index contributed by atoms with van der Waals surface area (Å²) in [6, 6.07) is 0. The van der Waals surface area contributed by atoms with Gasteiger partial charge in [-0.3, -0.25) is 14.4 Å². The highest BCUT2D eigenvalue weighted by Gasteiger charge is 2.45. The van der Waals surface area contributed by atoms with Gasteiger partial charge in [0.25, 0.3) is 0 Å². The molecule has 0 radical (unpaired) electrons. The van der Waals surface area contributed by atoms with Crippen molar-refractivity contribution in [1.82, 2.24) is 0 Å². The highest BCUT2D eigenvalue weighted by molar-refractivity contribution is 6.42. The summed E-state index contributed by atoms with van der Waals surface area (Å²) < 4.78 is 0. The maximum Gasteiger partial charge on any atom is 0.372 e. The van der Waals surface area contributed by atoms with Crippen LogP contribution in [0.15, 0.2) is 0 Å². The van der Waals surface area contributed by atoms with Crippen molar-refractivity contribution in [1.29, 1.82) is 0 Å². The predicted molar refractivity (Wildman–Crippen MR) is 46.5 cm³/mol. The maximum absolute atomic E-state index is 11.4. The van der Waals surface area contributed by atoms with Crippen molar-refractivity contribution in [2.45, 2.75) is 12.8 Å². The molecule has 0 amide bonds. The van der Waals surface area contributed by atoms with E-state index in [1.54, 1.807) is 0 Å². The van der Waals surface area contributed by atoms with Crippen molar-refractivity contribution in [3.05, 3.63) is 0 Å². The number of Topliss-reactive ketones (excluding diaryl/α,β-unsaturated/α-hetero) is 3. The molecular weight excluding hydrogens is 220 g/mol. The topological polar surface area (TPSA) is 126 Å². The van der Waals surface area contributed by atoms with Gasteiger partial charge in [0.15, 0.2) is 5.78 Å². The molecule has 0 aromatic rings. The van der Waals surface area contributed by atoms with Gasteiger partial charge in [0.1, 0.15) is 0 Å². The van der Waals surface area contributed by atoms with Crippen LogP contribution in [-0.4, -0.2) is 39.5 Å². The van der Waals surface area contributed by atoms with Crippen molar-refractivity contribution in [3.8, 4) is 0 Å². The molecule has 0 aromatic carbocycles. The average molecular weight is 228 g/mol. The van der Waals surface area contributed by atoms with Gasteiger partial charge in [0.05, 0.1) is 11.8 Å². The first kappa shape index (κ1) is 12.0. The van der Waals surface area contributed by atoms with Crippen LogP contribution in [0.5, 0.6) is 0 Å². The molecule has 0 aliphatic heterocycles. The van der Waals surface area contributed by atoms with E-state index in [1.165, 1.54) is 0 Å². The highest BCUT2D eigenvalue weighted by atomic mass is 16.4. The first-order chi connectivity index (χ1) is 7.36. The summed E-state index contributed by atoms with van der Waals surface area (Å²) in [6.45, 7) is 0. The van der Waals surface area contributed by atoms with E-state index >= 15 is 0 Å². The van der Waals surface area contributed by atoms with E-state index in [1.807, 2.05) is 0 Å². The second kappa shape index (κ2) is 4.21. The fraction of sp³-hybridized carbons (Fsp3) is 0.444. The van der Waals surface area contributed by atoms with E-state index in [0.29, 0.717) is 0 Å². The van der Waals surface area contributed by atoms with E-state index in [0.717, 1.165) is 0 Å². The largest absolute Gasteiger partial charge is 0.475 e. The molecule has 7 heteroatoms. The summed E-state index contributed by atoms with van der Waals surface area (Å²) >= 11 is 0. The fourth-order valence-electron chi connectivity index (χ4n) is 1.68. The highest BCUT2D eigenvalue weighted by Crippen LogP contribution is 2.28. The van der Waals surface area contributed by atoms with Gasteiger partial charge in [-0.2, -0.15) is 0 Å². The molecule has 0 aromatic heterocycles. The Balaban J connectivity index is 2.83. The van der Waals surface area contributed by atoms with Crippen LogP contribution in [0.25, 0.3) is 0 Å². The Hall–Kier alpha value is -2.05. The number of hydrogen-bond donors (Lipinski definition) is 2. The number of carboxylic acid groups (broad SMARTS) is 2. The van der Waals surface area contributed by atoms with E-state index < -0.39 is 41.1 Å². The van der Waals surface area contributed by atoms with Gasteiger partial charge in [0, 0.05) is 0 Å². The van der Waals surface area contributed by atoms with Crippen LogP contribution in [0, 0.1) is 11.8 Å². The number of hydrogen-bond acceptors (Lipinski definition) is 5. The minimum absolute atomic E-state index is 0.0896. The number of ketones is 3. The first-order valence-corrected chi connectivity index (χ1v) is 4.44. The monoisotopic (exact) mass is 228 g/mol. The molecule has 86 valence electrons. The van der Waals surface area contributed by atoms with Crippen molar-refractivity contribution < 1.29 is 34.2 Å².